The van der Waals surface area contributed by atoms with Crippen molar-refractivity contribution in [3.8, 4) is 0 Å². The molecule has 0 aromatic heterocycles. The van der Waals surface area contributed by atoms with Gasteiger partial charge in [-0.2, -0.15) is 0 Å². The van der Waals surface area contributed by atoms with Crippen LogP contribution in [0.2, 0.25) is 0 Å². The zero-order chi connectivity index (χ0) is 9.11. The molecule has 0 heteroatoms. The molecule has 0 spiro atoms. The molecular formula is C13H34. The summed E-state index contributed by atoms with van der Waals surface area (Å²) >= 11 is 0. The standard InChI is InChI=1S/C9H20.C2H6.2CH4/c1-4-6-7-8-9(3)5-2;1-2;;/h9H,4-8H2,1-3H3;1-2H3;2*1H4. The summed E-state index contributed by atoms with van der Waals surface area (Å²) in [5.74, 6) is 0.955. The predicted molar refractivity (Wildman–Crippen MR) is 68.4 cm³/mol. The Bertz CT molecular complexity index is 48.0. The Hall–Kier alpha value is 0. The third-order valence-corrected chi connectivity index (χ3v) is 2.00. The number of rotatable bonds is 5. The summed E-state index contributed by atoms with van der Waals surface area (Å²) in [5, 5.41) is 0. The summed E-state index contributed by atoms with van der Waals surface area (Å²) in [6, 6.07) is 0. The normalized spacial score (nSPS) is 9.92. The van der Waals surface area contributed by atoms with Crippen molar-refractivity contribution in [2.75, 3.05) is 0 Å². The van der Waals surface area contributed by atoms with Crippen molar-refractivity contribution in [1.29, 1.82) is 0 Å². The van der Waals surface area contributed by atoms with E-state index in [-0.39, 0.29) is 14.9 Å². The van der Waals surface area contributed by atoms with Crippen molar-refractivity contribution in [2.24, 2.45) is 5.92 Å². The van der Waals surface area contributed by atoms with Crippen LogP contribution in [0.25, 0.3) is 0 Å². The summed E-state index contributed by atoms with van der Waals surface area (Å²) in [7, 11) is 0. The van der Waals surface area contributed by atoms with E-state index in [4.69, 9.17) is 0 Å². The van der Waals surface area contributed by atoms with Crippen LogP contribution in [0.1, 0.15) is 81.6 Å². The second-order valence-corrected chi connectivity index (χ2v) is 3.01. The Balaban J connectivity index is -0.0000000941. The van der Waals surface area contributed by atoms with E-state index >= 15 is 0 Å². The highest BCUT2D eigenvalue weighted by molar-refractivity contribution is 4.49. The molecule has 0 nitrogen and oxygen atoms in total. The van der Waals surface area contributed by atoms with E-state index in [9.17, 15) is 0 Å². The van der Waals surface area contributed by atoms with Gasteiger partial charge < -0.3 is 0 Å². The highest BCUT2D eigenvalue weighted by Gasteiger charge is 1.95. The maximum Gasteiger partial charge on any atom is -0.0445 e. The molecule has 1 atom stereocenters. The number of hydrogen-bond acceptors (Lipinski definition) is 0. The lowest BCUT2D eigenvalue weighted by atomic mass is 10.0. The van der Waals surface area contributed by atoms with E-state index in [0.29, 0.717) is 0 Å². The van der Waals surface area contributed by atoms with Crippen molar-refractivity contribution >= 4 is 0 Å². The van der Waals surface area contributed by atoms with Crippen molar-refractivity contribution in [2.45, 2.75) is 81.6 Å². The van der Waals surface area contributed by atoms with Gasteiger partial charge in [-0.05, 0) is 5.92 Å². The summed E-state index contributed by atoms with van der Waals surface area (Å²) < 4.78 is 0. The summed E-state index contributed by atoms with van der Waals surface area (Å²) in [6.07, 6.45) is 7.00. The van der Waals surface area contributed by atoms with Gasteiger partial charge >= 0.3 is 0 Å². The first kappa shape index (κ1) is 23.1. The minimum absolute atomic E-state index is 0. The minimum atomic E-state index is 0. The van der Waals surface area contributed by atoms with E-state index in [1.807, 2.05) is 13.8 Å². The first-order valence-corrected chi connectivity index (χ1v) is 5.31. The molecule has 13 heavy (non-hydrogen) atoms. The third kappa shape index (κ3) is 24.5. The van der Waals surface area contributed by atoms with Crippen LogP contribution in [-0.2, 0) is 0 Å². The summed E-state index contributed by atoms with van der Waals surface area (Å²) in [5.41, 5.74) is 0. The molecule has 0 saturated carbocycles. The van der Waals surface area contributed by atoms with Gasteiger partial charge in [0.15, 0.2) is 0 Å². The second-order valence-electron chi connectivity index (χ2n) is 3.01. The van der Waals surface area contributed by atoms with Gasteiger partial charge in [0.25, 0.3) is 0 Å². The average Bonchev–Trinajstić information content (AvgIpc) is 2.08. The molecule has 0 aliphatic rings. The highest BCUT2D eigenvalue weighted by atomic mass is 14.0. The van der Waals surface area contributed by atoms with E-state index in [1.54, 1.807) is 0 Å². The largest absolute Gasteiger partial charge is 0.0776 e. The SMILES string of the molecule is C.C.CC.CCCCCC(C)CC. The van der Waals surface area contributed by atoms with Crippen LogP contribution in [0.3, 0.4) is 0 Å². The molecule has 0 aliphatic carbocycles. The molecule has 0 rings (SSSR count). The highest BCUT2D eigenvalue weighted by Crippen LogP contribution is 2.11. The van der Waals surface area contributed by atoms with Crippen LogP contribution >= 0.6 is 0 Å². The maximum absolute atomic E-state index is 2.34. The van der Waals surface area contributed by atoms with E-state index in [2.05, 4.69) is 20.8 Å². The molecule has 0 aliphatic heterocycles. The lowest BCUT2D eigenvalue weighted by molar-refractivity contribution is 0.482. The molecule has 0 aromatic carbocycles. The topological polar surface area (TPSA) is 0 Å². The first-order chi connectivity index (χ1) is 5.31. The molecule has 0 aromatic rings. The molecule has 0 heterocycles. The Morgan fingerprint density at radius 3 is 1.69 bits per heavy atom. The Kier molecular flexibility index (Phi) is 40.3. The molecule has 0 saturated heterocycles. The molecule has 1 unspecified atom stereocenters. The summed E-state index contributed by atoms with van der Waals surface area (Å²) in [6.45, 7) is 10.9. The van der Waals surface area contributed by atoms with Gasteiger partial charge in [-0.25, -0.2) is 0 Å². The second kappa shape index (κ2) is 22.7. The molecule has 0 bridgehead atoms. The maximum atomic E-state index is 2.34. The van der Waals surface area contributed by atoms with Gasteiger partial charge in [0.1, 0.15) is 0 Å². The van der Waals surface area contributed by atoms with Crippen LogP contribution < -0.4 is 0 Å². The van der Waals surface area contributed by atoms with Crippen LogP contribution in [0.5, 0.6) is 0 Å². The van der Waals surface area contributed by atoms with Crippen molar-refractivity contribution in [1.82, 2.24) is 0 Å². The molecule has 0 fully saturated rings. The lowest BCUT2D eigenvalue weighted by Gasteiger charge is -2.05. The van der Waals surface area contributed by atoms with E-state index < -0.39 is 0 Å². The van der Waals surface area contributed by atoms with Gasteiger partial charge in [0, 0.05) is 0 Å². The Morgan fingerprint density at radius 2 is 1.38 bits per heavy atom. The van der Waals surface area contributed by atoms with Gasteiger partial charge in [-0.1, -0.05) is 81.6 Å². The molecule has 86 valence electrons. The fourth-order valence-corrected chi connectivity index (χ4v) is 0.947. The van der Waals surface area contributed by atoms with Crippen LogP contribution in [0.4, 0.5) is 0 Å². The molecule has 0 N–H and O–H groups in total. The fourth-order valence-electron chi connectivity index (χ4n) is 0.947. The van der Waals surface area contributed by atoms with Crippen LogP contribution in [-0.4, -0.2) is 0 Å². The van der Waals surface area contributed by atoms with Crippen molar-refractivity contribution in [3.05, 3.63) is 0 Å². The van der Waals surface area contributed by atoms with E-state index in [1.165, 1.54) is 32.1 Å². The minimum Gasteiger partial charge on any atom is -0.0776 e. The fraction of sp³-hybridized carbons (Fsp3) is 1.00. The Labute approximate surface area is 88.1 Å². The van der Waals surface area contributed by atoms with Gasteiger partial charge in [-0.3, -0.25) is 0 Å². The Morgan fingerprint density at radius 1 is 0.923 bits per heavy atom. The van der Waals surface area contributed by atoms with Crippen molar-refractivity contribution in [3.63, 3.8) is 0 Å². The van der Waals surface area contributed by atoms with Crippen molar-refractivity contribution < 1.29 is 0 Å². The average molecular weight is 190 g/mol. The number of unbranched alkanes of at least 4 members (excludes halogenated alkanes) is 2. The zero-order valence-corrected chi connectivity index (χ0v) is 9.11. The lowest BCUT2D eigenvalue weighted by Crippen LogP contribution is -1.90. The molecular weight excluding hydrogens is 156 g/mol. The molecule has 0 radical (unpaired) electrons. The monoisotopic (exact) mass is 190 g/mol. The van der Waals surface area contributed by atoms with Gasteiger partial charge in [-0.15, -0.1) is 0 Å². The zero-order valence-electron chi connectivity index (χ0n) is 9.11. The molecule has 0 amide bonds. The smallest absolute Gasteiger partial charge is 0.0445 e. The summed E-state index contributed by atoms with van der Waals surface area (Å²) in [4.78, 5) is 0. The van der Waals surface area contributed by atoms with Crippen LogP contribution in [0, 0.1) is 5.92 Å². The van der Waals surface area contributed by atoms with Crippen LogP contribution in [0.15, 0.2) is 0 Å². The van der Waals surface area contributed by atoms with Gasteiger partial charge in [0.2, 0.25) is 0 Å². The first-order valence-electron chi connectivity index (χ1n) is 5.31. The number of hydrogen-bond donors (Lipinski definition) is 0. The van der Waals surface area contributed by atoms with Gasteiger partial charge in [0.05, 0.1) is 0 Å². The quantitative estimate of drug-likeness (QED) is 0.473. The third-order valence-electron chi connectivity index (χ3n) is 2.00. The van der Waals surface area contributed by atoms with E-state index in [0.717, 1.165) is 5.92 Å². The predicted octanol–water partition coefficient (Wildman–Crippen LogP) is 5.91.